The van der Waals surface area contributed by atoms with E-state index in [1.165, 1.54) is 0 Å². The maximum absolute atomic E-state index is 10.7. The lowest BCUT2D eigenvalue weighted by Gasteiger charge is -2.10. The molecule has 9 heteroatoms. The van der Waals surface area contributed by atoms with Crippen LogP contribution in [0.25, 0.3) is 16.9 Å². The summed E-state index contributed by atoms with van der Waals surface area (Å²) in [5.74, 6) is 1.77. The predicted molar refractivity (Wildman–Crippen MR) is 116 cm³/mol. The highest BCUT2D eigenvalue weighted by atomic mass is 16.3. The number of fused-ring (bicyclic) bond motifs is 1. The van der Waals surface area contributed by atoms with E-state index in [-0.39, 0.29) is 0 Å². The smallest absolute Gasteiger partial charge is 0.228 e. The van der Waals surface area contributed by atoms with Crippen LogP contribution in [0, 0.1) is 0 Å². The van der Waals surface area contributed by atoms with Crippen molar-refractivity contribution < 1.29 is 5.11 Å². The van der Waals surface area contributed by atoms with Gasteiger partial charge in [0.2, 0.25) is 5.95 Å². The molecule has 0 saturated heterocycles. The van der Waals surface area contributed by atoms with Crippen molar-refractivity contribution >= 4 is 17.4 Å². The normalized spacial score (nSPS) is 12.2. The maximum Gasteiger partial charge on any atom is 0.228 e. The zero-order valence-electron chi connectivity index (χ0n) is 16.8. The van der Waals surface area contributed by atoms with Gasteiger partial charge in [0, 0.05) is 37.5 Å². The number of pyridine rings is 1. The second kappa shape index (κ2) is 7.96. The Morgan fingerprint density at radius 1 is 1.03 bits per heavy atom. The molecule has 0 amide bonds. The van der Waals surface area contributed by atoms with Gasteiger partial charge in [-0.15, -0.1) is 10.2 Å². The number of nitrogens with zero attached hydrogens (tertiary/aromatic N) is 7. The molecule has 0 aliphatic rings. The van der Waals surface area contributed by atoms with Crippen LogP contribution in [0.3, 0.4) is 0 Å². The number of aryl methyl sites for hydroxylation is 1. The Hall–Kier alpha value is -4.11. The molecule has 0 aliphatic carbocycles. The van der Waals surface area contributed by atoms with E-state index in [2.05, 4.69) is 30.6 Å². The predicted octanol–water partition coefficient (Wildman–Crippen LogP) is 2.94. The minimum absolute atomic E-state index is 0.471. The molecule has 4 heterocycles. The van der Waals surface area contributed by atoms with Crippen LogP contribution < -0.4 is 5.32 Å². The molecule has 5 rings (SSSR count). The largest absolute Gasteiger partial charge is 0.385 e. The first-order valence-corrected chi connectivity index (χ1v) is 9.82. The molecule has 5 aromatic rings. The molecule has 0 radical (unpaired) electrons. The Morgan fingerprint density at radius 3 is 2.71 bits per heavy atom. The summed E-state index contributed by atoms with van der Waals surface area (Å²) in [6.07, 6.45) is 4.97. The SMILES string of the molecule is Cn1nccc1Nc1nccc(-c2ccn3c(C(O)Cc4ccccc4)nnc3c2)n1. The Bertz CT molecular complexity index is 1330. The Kier molecular flexibility index (Phi) is 4.85. The molecule has 0 bridgehead atoms. The summed E-state index contributed by atoms with van der Waals surface area (Å²) >= 11 is 0. The third kappa shape index (κ3) is 3.86. The second-order valence-corrected chi connectivity index (χ2v) is 7.14. The fourth-order valence-electron chi connectivity index (χ4n) is 3.42. The highest BCUT2D eigenvalue weighted by Crippen LogP contribution is 2.23. The van der Waals surface area contributed by atoms with Gasteiger partial charge in [-0.1, -0.05) is 30.3 Å². The zero-order chi connectivity index (χ0) is 21.2. The summed E-state index contributed by atoms with van der Waals surface area (Å²) in [6.45, 7) is 0. The van der Waals surface area contributed by atoms with Gasteiger partial charge < -0.3 is 10.4 Å². The monoisotopic (exact) mass is 412 g/mol. The van der Waals surface area contributed by atoms with E-state index in [0.29, 0.717) is 23.8 Å². The van der Waals surface area contributed by atoms with Crippen molar-refractivity contribution in [1.82, 2.24) is 34.3 Å². The standard InChI is InChI=1S/C22H20N8O/c1-29-19(8-11-24-29)26-22-23-10-7-17(25-22)16-9-12-30-20(14-16)27-28-21(30)18(31)13-15-5-3-2-4-6-15/h2-12,14,18,31H,13H2,1H3,(H,23,25,26). The number of aliphatic hydroxyl groups is 1. The van der Waals surface area contributed by atoms with Crippen molar-refractivity contribution in [3.8, 4) is 11.3 Å². The molecule has 154 valence electrons. The van der Waals surface area contributed by atoms with Crippen LogP contribution in [0.4, 0.5) is 11.8 Å². The van der Waals surface area contributed by atoms with Crippen LogP contribution in [-0.4, -0.2) is 39.5 Å². The summed E-state index contributed by atoms with van der Waals surface area (Å²) in [5, 5.41) is 26.4. The zero-order valence-corrected chi connectivity index (χ0v) is 16.8. The quantitative estimate of drug-likeness (QED) is 0.442. The first kappa shape index (κ1) is 18.9. The molecule has 0 saturated carbocycles. The van der Waals surface area contributed by atoms with E-state index >= 15 is 0 Å². The van der Waals surface area contributed by atoms with Crippen LogP contribution in [0.5, 0.6) is 0 Å². The summed E-state index contributed by atoms with van der Waals surface area (Å²) < 4.78 is 3.51. The number of hydrogen-bond acceptors (Lipinski definition) is 7. The lowest BCUT2D eigenvalue weighted by molar-refractivity contribution is 0.167. The van der Waals surface area contributed by atoms with Crippen LogP contribution in [0.2, 0.25) is 0 Å². The third-order valence-corrected chi connectivity index (χ3v) is 5.02. The summed E-state index contributed by atoms with van der Waals surface area (Å²) in [4.78, 5) is 8.87. The van der Waals surface area contributed by atoms with Gasteiger partial charge in [-0.3, -0.25) is 9.08 Å². The maximum atomic E-state index is 10.7. The number of hydrogen-bond donors (Lipinski definition) is 2. The van der Waals surface area contributed by atoms with E-state index < -0.39 is 6.10 Å². The van der Waals surface area contributed by atoms with Gasteiger partial charge in [-0.2, -0.15) is 5.10 Å². The summed E-state index contributed by atoms with van der Waals surface area (Å²) in [7, 11) is 1.84. The van der Waals surface area contributed by atoms with Crippen LogP contribution in [0.1, 0.15) is 17.5 Å². The molecule has 0 aliphatic heterocycles. The molecule has 1 aromatic carbocycles. The highest BCUT2D eigenvalue weighted by Gasteiger charge is 2.16. The molecule has 2 N–H and O–H groups in total. The van der Waals surface area contributed by atoms with Crippen molar-refractivity contribution in [1.29, 1.82) is 0 Å². The van der Waals surface area contributed by atoms with Crippen molar-refractivity contribution in [2.75, 3.05) is 5.32 Å². The minimum atomic E-state index is -0.753. The summed E-state index contributed by atoms with van der Waals surface area (Å²) in [5.41, 5.74) is 3.30. The van der Waals surface area contributed by atoms with Crippen molar-refractivity contribution in [3.63, 3.8) is 0 Å². The molecule has 1 atom stereocenters. The molecule has 0 spiro atoms. The van der Waals surface area contributed by atoms with E-state index in [0.717, 1.165) is 22.6 Å². The van der Waals surface area contributed by atoms with E-state index in [1.54, 1.807) is 21.5 Å². The van der Waals surface area contributed by atoms with E-state index in [9.17, 15) is 5.11 Å². The molecular formula is C22H20N8O. The fraction of sp³-hybridized carbons (Fsp3) is 0.136. The number of rotatable bonds is 6. The number of anilines is 2. The molecule has 31 heavy (non-hydrogen) atoms. The van der Waals surface area contributed by atoms with Gasteiger partial charge in [0.1, 0.15) is 11.9 Å². The number of aliphatic hydroxyl groups excluding tert-OH is 1. The van der Waals surface area contributed by atoms with Crippen LogP contribution in [-0.2, 0) is 13.5 Å². The van der Waals surface area contributed by atoms with Crippen molar-refractivity contribution in [3.05, 3.63) is 84.6 Å². The lowest BCUT2D eigenvalue weighted by Crippen LogP contribution is -2.07. The third-order valence-electron chi connectivity index (χ3n) is 5.02. The van der Waals surface area contributed by atoms with Gasteiger partial charge in [-0.05, 0) is 23.8 Å². The van der Waals surface area contributed by atoms with Crippen LogP contribution >= 0.6 is 0 Å². The van der Waals surface area contributed by atoms with Gasteiger partial charge in [0.15, 0.2) is 11.5 Å². The average Bonchev–Trinajstić information content (AvgIpc) is 3.40. The van der Waals surface area contributed by atoms with Gasteiger partial charge in [0.05, 0.1) is 11.9 Å². The Labute approximate surface area is 178 Å². The molecule has 1 unspecified atom stereocenters. The topological polar surface area (TPSA) is 106 Å². The number of aromatic nitrogens is 7. The number of benzene rings is 1. The first-order chi connectivity index (χ1) is 15.2. The Morgan fingerprint density at radius 2 is 1.90 bits per heavy atom. The average molecular weight is 412 g/mol. The molecule has 9 nitrogen and oxygen atoms in total. The van der Waals surface area contributed by atoms with Gasteiger partial charge in [0.25, 0.3) is 0 Å². The van der Waals surface area contributed by atoms with E-state index in [1.807, 2.05) is 67.8 Å². The second-order valence-electron chi connectivity index (χ2n) is 7.14. The molecule has 4 aromatic heterocycles. The minimum Gasteiger partial charge on any atom is -0.385 e. The lowest BCUT2D eigenvalue weighted by atomic mass is 10.1. The van der Waals surface area contributed by atoms with Crippen molar-refractivity contribution in [2.45, 2.75) is 12.5 Å². The highest BCUT2D eigenvalue weighted by molar-refractivity contribution is 5.65. The fourth-order valence-corrected chi connectivity index (χ4v) is 3.42. The van der Waals surface area contributed by atoms with Gasteiger partial charge >= 0.3 is 0 Å². The summed E-state index contributed by atoms with van der Waals surface area (Å²) in [6, 6.07) is 17.3. The van der Waals surface area contributed by atoms with E-state index in [4.69, 9.17) is 0 Å². The Balaban J connectivity index is 1.41. The van der Waals surface area contributed by atoms with Crippen molar-refractivity contribution in [2.24, 2.45) is 7.05 Å². The first-order valence-electron chi connectivity index (χ1n) is 9.82. The van der Waals surface area contributed by atoms with Crippen LogP contribution in [0.15, 0.2) is 73.2 Å². The number of nitrogens with one attached hydrogen (secondary N) is 1. The molecule has 0 fully saturated rings. The molecular weight excluding hydrogens is 392 g/mol. The van der Waals surface area contributed by atoms with Gasteiger partial charge in [-0.25, -0.2) is 9.97 Å².